The molecule has 0 saturated heterocycles. The first-order valence-corrected chi connectivity index (χ1v) is 8.52. The average molecular weight is 375 g/mol. The molecule has 128 valence electrons. The van der Waals surface area contributed by atoms with E-state index < -0.39 is 0 Å². The Morgan fingerprint density at radius 1 is 1.16 bits per heavy atom. The number of fused-ring (bicyclic) bond motifs is 1. The van der Waals surface area contributed by atoms with Gasteiger partial charge in [0, 0.05) is 18.1 Å². The third kappa shape index (κ3) is 3.86. The number of carbonyl (C=O) groups is 2. The van der Waals surface area contributed by atoms with Crippen molar-refractivity contribution in [3.8, 4) is 0 Å². The van der Waals surface area contributed by atoms with Crippen LogP contribution in [0.4, 0.5) is 5.69 Å². The first-order valence-electron chi connectivity index (χ1n) is 7.76. The largest absolute Gasteiger partial charge is 0.325 e. The minimum atomic E-state index is -0.357. The molecule has 4 nitrogen and oxygen atoms in total. The smallest absolute Gasteiger partial charge is 0.226 e. The van der Waals surface area contributed by atoms with Crippen molar-refractivity contribution in [1.82, 2.24) is 4.90 Å². The Balaban J connectivity index is 1.82. The van der Waals surface area contributed by atoms with Crippen LogP contribution in [0.5, 0.6) is 0 Å². The zero-order valence-electron chi connectivity index (χ0n) is 13.5. The van der Waals surface area contributed by atoms with Gasteiger partial charge in [0.1, 0.15) is 0 Å². The number of hydrogen-bond acceptors (Lipinski definition) is 2. The van der Waals surface area contributed by atoms with Crippen molar-refractivity contribution in [2.45, 2.75) is 19.4 Å². The van der Waals surface area contributed by atoms with Crippen LogP contribution in [-0.2, 0) is 9.59 Å². The molecule has 0 radical (unpaired) electrons. The summed E-state index contributed by atoms with van der Waals surface area (Å²) in [6.07, 6.45) is 3.72. The zero-order valence-corrected chi connectivity index (χ0v) is 15.0. The van der Waals surface area contributed by atoms with Crippen LogP contribution in [0.15, 0.2) is 48.7 Å². The Kier molecular flexibility index (Phi) is 5.11. The number of amides is 2. The number of carbonyl (C=O) groups excluding carboxylic acids is 2. The fourth-order valence-electron chi connectivity index (χ4n) is 2.88. The van der Waals surface area contributed by atoms with E-state index in [1.54, 1.807) is 29.3 Å². The van der Waals surface area contributed by atoms with Crippen LogP contribution in [-0.4, -0.2) is 16.7 Å². The van der Waals surface area contributed by atoms with E-state index in [9.17, 15) is 9.59 Å². The Bertz CT molecular complexity index is 864. The van der Waals surface area contributed by atoms with Crippen LogP contribution in [0, 0.1) is 0 Å². The molecule has 3 rings (SSSR count). The van der Waals surface area contributed by atoms with E-state index in [4.69, 9.17) is 23.2 Å². The second-order valence-electron chi connectivity index (χ2n) is 5.76. The van der Waals surface area contributed by atoms with Crippen molar-refractivity contribution >= 4 is 46.8 Å². The molecular formula is C19H16Cl2N2O2. The van der Waals surface area contributed by atoms with Gasteiger partial charge in [0.2, 0.25) is 11.8 Å². The van der Waals surface area contributed by atoms with E-state index in [1.165, 1.54) is 6.92 Å². The summed E-state index contributed by atoms with van der Waals surface area (Å²) in [5.41, 5.74) is 2.44. The third-order valence-corrected chi connectivity index (χ3v) is 4.60. The summed E-state index contributed by atoms with van der Waals surface area (Å²) in [4.78, 5) is 26.1. The van der Waals surface area contributed by atoms with Crippen LogP contribution in [0.1, 0.15) is 30.5 Å². The predicted octanol–water partition coefficient (Wildman–Crippen LogP) is 4.90. The molecule has 0 saturated carbocycles. The molecule has 1 N–H and O–H groups in total. The lowest BCUT2D eigenvalue weighted by Gasteiger charge is -2.32. The summed E-state index contributed by atoms with van der Waals surface area (Å²) in [7, 11) is 0. The molecule has 0 spiro atoms. The molecule has 1 atom stereocenters. The van der Waals surface area contributed by atoms with Crippen LogP contribution in [0.3, 0.4) is 0 Å². The Labute approximate surface area is 156 Å². The average Bonchev–Trinajstić information content (AvgIpc) is 2.57. The third-order valence-electron chi connectivity index (χ3n) is 4.05. The SMILES string of the molecule is CC(=O)N1C=Cc2ccccc2[C@@H]1CC(=O)Nc1ccc(Cl)cc1Cl. The molecule has 0 fully saturated rings. The van der Waals surface area contributed by atoms with E-state index in [-0.39, 0.29) is 24.3 Å². The first kappa shape index (κ1) is 17.5. The summed E-state index contributed by atoms with van der Waals surface area (Å²) in [6, 6.07) is 12.2. The number of rotatable bonds is 3. The highest BCUT2D eigenvalue weighted by Gasteiger charge is 2.28. The molecule has 0 aliphatic carbocycles. The van der Waals surface area contributed by atoms with Crippen LogP contribution in [0.25, 0.3) is 6.08 Å². The molecule has 0 unspecified atom stereocenters. The summed E-state index contributed by atoms with van der Waals surface area (Å²) in [5, 5.41) is 3.65. The summed E-state index contributed by atoms with van der Waals surface area (Å²) in [5.74, 6) is -0.348. The maximum atomic E-state index is 12.5. The van der Waals surface area contributed by atoms with Crippen LogP contribution >= 0.6 is 23.2 Å². The quantitative estimate of drug-likeness (QED) is 0.830. The van der Waals surface area contributed by atoms with Crippen molar-refractivity contribution in [2.24, 2.45) is 0 Å². The topological polar surface area (TPSA) is 49.4 Å². The fourth-order valence-corrected chi connectivity index (χ4v) is 3.34. The number of nitrogens with zero attached hydrogens (tertiary/aromatic N) is 1. The second-order valence-corrected chi connectivity index (χ2v) is 6.61. The lowest BCUT2D eigenvalue weighted by Crippen LogP contribution is -2.33. The minimum absolute atomic E-state index is 0.118. The lowest BCUT2D eigenvalue weighted by molar-refractivity contribution is -0.129. The van der Waals surface area contributed by atoms with Gasteiger partial charge < -0.3 is 10.2 Å². The lowest BCUT2D eigenvalue weighted by atomic mass is 9.93. The molecule has 2 aromatic rings. The van der Waals surface area contributed by atoms with Gasteiger partial charge in [0.05, 0.1) is 23.2 Å². The van der Waals surface area contributed by atoms with E-state index in [1.807, 2.05) is 30.3 Å². The number of anilines is 1. The molecule has 2 aromatic carbocycles. The first-order chi connectivity index (χ1) is 12.0. The van der Waals surface area contributed by atoms with Gasteiger partial charge in [-0.15, -0.1) is 0 Å². The van der Waals surface area contributed by atoms with Gasteiger partial charge >= 0.3 is 0 Å². The second kappa shape index (κ2) is 7.30. The minimum Gasteiger partial charge on any atom is -0.325 e. The van der Waals surface area contributed by atoms with Crippen molar-refractivity contribution < 1.29 is 9.59 Å². The molecule has 1 aliphatic rings. The van der Waals surface area contributed by atoms with E-state index in [0.717, 1.165) is 11.1 Å². The van der Waals surface area contributed by atoms with E-state index in [0.29, 0.717) is 15.7 Å². The van der Waals surface area contributed by atoms with Crippen molar-refractivity contribution in [1.29, 1.82) is 0 Å². The van der Waals surface area contributed by atoms with Gasteiger partial charge in [-0.25, -0.2) is 0 Å². The molecule has 6 heteroatoms. The van der Waals surface area contributed by atoms with Crippen LogP contribution < -0.4 is 5.32 Å². The highest BCUT2D eigenvalue weighted by Crippen LogP contribution is 2.33. The molecule has 0 bridgehead atoms. The van der Waals surface area contributed by atoms with Gasteiger partial charge in [0.25, 0.3) is 0 Å². The van der Waals surface area contributed by atoms with Gasteiger partial charge in [-0.1, -0.05) is 47.5 Å². The number of halogens is 2. The summed E-state index contributed by atoms with van der Waals surface area (Å²) >= 11 is 12.0. The van der Waals surface area contributed by atoms with Gasteiger partial charge in [0.15, 0.2) is 0 Å². The Hall–Kier alpha value is -2.30. The molecule has 1 aliphatic heterocycles. The Morgan fingerprint density at radius 2 is 1.92 bits per heavy atom. The van der Waals surface area contributed by atoms with Gasteiger partial charge in [-0.05, 0) is 35.4 Å². The Morgan fingerprint density at radius 3 is 2.64 bits per heavy atom. The zero-order chi connectivity index (χ0) is 18.0. The van der Waals surface area contributed by atoms with E-state index >= 15 is 0 Å². The normalized spacial score (nSPS) is 15.6. The van der Waals surface area contributed by atoms with E-state index in [2.05, 4.69) is 5.32 Å². The van der Waals surface area contributed by atoms with Crippen molar-refractivity contribution in [3.63, 3.8) is 0 Å². The number of hydrogen-bond donors (Lipinski definition) is 1. The van der Waals surface area contributed by atoms with Gasteiger partial charge in [-0.2, -0.15) is 0 Å². The molecule has 2 amide bonds. The maximum absolute atomic E-state index is 12.5. The molecule has 25 heavy (non-hydrogen) atoms. The predicted molar refractivity (Wildman–Crippen MR) is 100 cm³/mol. The maximum Gasteiger partial charge on any atom is 0.226 e. The standard InChI is InChI=1S/C19H16Cl2N2O2/c1-12(24)23-9-8-13-4-2-3-5-15(13)18(23)11-19(25)22-17-7-6-14(20)10-16(17)21/h2-10,18H,11H2,1H3,(H,22,25)/t18-/m0/s1. The summed E-state index contributed by atoms with van der Waals surface area (Å²) in [6.45, 7) is 1.49. The van der Waals surface area contributed by atoms with Crippen LogP contribution in [0.2, 0.25) is 10.0 Å². The van der Waals surface area contributed by atoms with Gasteiger partial charge in [-0.3, -0.25) is 9.59 Å². The highest BCUT2D eigenvalue weighted by molar-refractivity contribution is 6.36. The number of nitrogens with one attached hydrogen (secondary N) is 1. The molecular weight excluding hydrogens is 359 g/mol. The monoisotopic (exact) mass is 374 g/mol. The molecule has 0 aromatic heterocycles. The fraction of sp³-hybridized carbons (Fsp3) is 0.158. The van der Waals surface area contributed by atoms with Crippen molar-refractivity contribution in [3.05, 3.63) is 69.8 Å². The number of benzene rings is 2. The molecule has 1 heterocycles. The highest BCUT2D eigenvalue weighted by atomic mass is 35.5. The summed E-state index contributed by atoms with van der Waals surface area (Å²) < 4.78 is 0. The van der Waals surface area contributed by atoms with Crippen molar-refractivity contribution in [2.75, 3.05) is 5.32 Å².